The van der Waals surface area contributed by atoms with Crippen molar-refractivity contribution in [2.24, 2.45) is 0 Å². The summed E-state index contributed by atoms with van der Waals surface area (Å²) in [6, 6.07) is 3.94. The number of amides is 1. The van der Waals surface area contributed by atoms with Crippen LogP contribution in [-0.2, 0) is 11.2 Å². The zero-order valence-corrected chi connectivity index (χ0v) is 10.5. The van der Waals surface area contributed by atoms with E-state index in [0.29, 0.717) is 0 Å². The first-order valence-corrected chi connectivity index (χ1v) is 5.60. The molecule has 1 rings (SSSR count). The zero-order valence-electron chi connectivity index (χ0n) is 10.5. The van der Waals surface area contributed by atoms with E-state index < -0.39 is 0 Å². The molecule has 0 aromatic heterocycles. The van der Waals surface area contributed by atoms with Gasteiger partial charge in [-0.15, -0.1) is 0 Å². The fourth-order valence-corrected chi connectivity index (χ4v) is 1.79. The standard InChI is InChI=1S/C13H19NO3/c1-9-6-10(2)11(12(7-9)17-3)8-13(16)14-4-5-15/h6-7,15H,4-5,8H2,1-3H3,(H,14,16). The van der Waals surface area contributed by atoms with Crippen molar-refractivity contribution in [3.8, 4) is 5.75 Å². The summed E-state index contributed by atoms with van der Waals surface area (Å²) < 4.78 is 5.28. The number of ether oxygens (including phenoxy) is 1. The largest absolute Gasteiger partial charge is 0.496 e. The molecule has 0 unspecified atom stereocenters. The molecule has 0 aliphatic heterocycles. The highest BCUT2D eigenvalue weighted by Gasteiger charge is 2.11. The summed E-state index contributed by atoms with van der Waals surface area (Å²) in [5.74, 6) is 0.631. The van der Waals surface area contributed by atoms with E-state index >= 15 is 0 Å². The van der Waals surface area contributed by atoms with E-state index in [0.717, 1.165) is 22.4 Å². The SMILES string of the molecule is COc1cc(C)cc(C)c1CC(=O)NCCO. The van der Waals surface area contributed by atoms with Gasteiger partial charge in [-0.3, -0.25) is 4.79 Å². The monoisotopic (exact) mass is 237 g/mol. The third-order valence-electron chi connectivity index (χ3n) is 2.57. The average molecular weight is 237 g/mol. The maximum Gasteiger partial charge on any atom is 0.224 e. The van der Waals surface area contributed by atoms with Crippen molar-refractivity contribution < 1.29 is 14.6 Å². The highest BCUT2D eigenvalue weighted by atomic mass is 16.5. The number of aliphatic hydroxyl groups is 1. The lowest BCUT2D eigenvalue weighted by Crippen LogP contribution is -2.28. The van der Waals surface area contributed by atoms with Crippen molar-refractivity contribution in [3.63, 3.8) is 0 Å². The quantitative estimate of drug-likeness (QED) is 0.802. The van der Waals surface area contributed by atoms with Crippen molar-refractivity contribution in [2.45, 2.75) is 20.3 Å². The van der Waals surface area contributed by atoms with Crippen molar-refractivity contribution in [1.29, 1.82) is 0 Å². The molecule has 2 N–H and O–H groups in total. The second kappa shape index (κ2) is 6.25. The number of nitrogens with one attached hydrogen (secondary N) is 1. The number of carbonyl (C=O) groups excluding carboxylic acids is 1. The van der Waals surface area contributed by atoms with Crippen LogP contribution >= 0.6 is 0 Å². The Balaban J connectivity index is 2.86. The molecule has 4 nitrogen and oxygen atoms in total. The van der Waals surface area contributed by atoms with E-state index in [9.17, 15) is 4.79 Å². The van der Waals surface area contributed by atoms with E-state index in [2.05, 4.69) is 5.32 Å². The first-order chi connectivity index (χ1) is 8.08. The first kappa shape index (κ1) is 13.5. The Labute approximate surface area is 102 Å². The summed E-state index contributed by atoms with van der Waals surface area (Å²) in [7, 11) is 1.60. The number of methoxy groups -OCH3 is 1. The van der Waals surface area contributed by atoms with Crippen LogP contribution in [0.15, 0.2) is 12.1 Å². The summed E-state index contributed by atoms with van der Waals surface area (Å²) in [6.07, 6.45) is 0.273. The summed E-state index contributed by atoms with van der Waals surface area (Å²) in [6.45, 7) is 4.19. The lowest BCUT2D eigenvalue weighted by atomic mass is 10.0. The van der Waals surface area contributed by atoms with E-state index in [-0.39, 0.29) is 25.5 Å². The van der Waals surface area contributed by atoms with Gasteiger partial charge in [-0.2, -0.15) is 0 Å². The van der Waals surface area contributed by atoms with Crippen molar-refractivity contribution in [2.75, 3.05) is 20.3 Å². The van der Waals surface area contributed by atoms with Crippen LogP contribution in [0.4, 0.5) is 0 Å². The van der Waals surface area contributed by atoms with Crippen molar-refractivity contribution in [1.82, 2.24) is 5.32 Å². The van der Waals surface area contributed by atoms with Gasteiger partial charge in [-0.1, -0.05) is 6.07 Å². The number of hydrogen-bond acceptors (Lipinski definition) is 3. The molecule has 1 amide bonds. The molecule has 0 saturated carbocycles. The van der Waals surface area contributed by atoms with Gasteiger partial charge in [0.2, 0.25) is 5.91 Å². The minimum Gasteiger partial charge on any atom is -0.496 e. The molecule has 0 bridgehead atoms. The Morgan fingerprint density at radius 1 is 1.41 bits per heavy atom. The Hall–Kier alpha value is -1.55. The van der Waals surface area contributed by atoms with Crippen LogP contribution in [0.1, 0.15) is 16.7 Å². The smallest absolute Gasteiger partial charge is 0.224 e. The van der Waals surface area contributed by atoms with E-state index in [1.54, 1.807) is 7.11 Å². The maximum absolute atomic E-state index is 11.6. The van der Waals surface area contributed by atoms with Gasteiger partial charge in [0.25, 0.3) is 0 Å². The molecule has 0 aliphatic rings. The number of benzene rings is 1. The normalized spacial score (nSPS) is 10.1. The highest BCUT2D eigenvalue weighted by molar-refractivity contribution is 5.79. The molecule has 1 aromatic rings. The number of aryl methyl sites for hydroxylation is 2. The molecule has 0 heterocycles. The highest BCUT2D eigenvalue weighted by Crippen LogP contribution is 2.24. The van der Waals surface area contributed by atoms with Gasteiger partial charge in [0.1, 0.15) is 5.75 Å². The van der Waals surface area contributed by atoms with Crippen LogP contribution in [0, 0.1) is 13.8 Å². The molecule has 0 fully saturated rings. The minimum atomic E-state index is -0.107. The van der Waals surface area contributed by atoms with E-state index in [4.69, 9.17) is 9.84 Å². The Morgan fingerprint density at radius 3 is 2.71 bits per heavy atom. The van der Waals surface area contributed by atoms with Crippen LogP contribution in [0.2, 0.25) is 0 Å². The lowest BCUT2D eigenvalue weighted by Gasteiger charge is -2.12. The minimum absolute atomic E-state index is 0.0459. The maximum atomic E-state index is 11.6. The zero-order chi connectivity index (χ0) is 12.8. The van der Waals surface area contributed by atoms with Crippen molar-refractivity contribution in [3.05, 3.63) is 28.8 Å². The number of carbonyl (C=O) groups is 1. The molecule has 4 heteroatoms. The molecule has 0 saturated heterocycles. The Kier molecular flexibility index (Phi) is 4.97. The summed E-state index contributed by atoms with van der Waals surface area (Å²) in [5.41, 5.74) is 3.05. The third kappa shape index (κ3) is 3.75. The second-order valence-corrected chi connectivity index (χ2v) is 4.01. The summed E-state index contributed by atoms with van der Waals surface area (Å²) in [4.78, 5) is 11.6. The predicted octanol–water partition coefficient (Wildman–Crippen LogP) is 0.963. The van der Waals surface area contributed by atoms with Crippen LogP contribution in [0.25, 0.3) is 0 Å². The van der Waals surface area contributed by atoms with Gasteiger partial charge in [0.05, 0.1) is 20.1 Å². The molecular weight excluding hydrogens is 218 g/mol. The molecule has 94 valence electrons. The molecule has 1 aromatic carbocycles. The van der Waals surface area contributed by atoms with Gasteiger partial charge in [-0.25, -0.2) is 0 Å². The molecular formula is C13H19NO3. The molecule has 17 heavy (non-hydrogen) atoms. The van der Waals surface area contributed by atoms with Gasteiger partial charge in [0, 0.05) is 12.1 Å². The molecule has 0 atom stereocenters. The van der Waals surface area contributed by atoms with Crippen LogP contribution in [0.3, 0.4) is 0 Å². The molecule has 0 radical (unpaired) electrons. The van der Waals surface area contributed by atoms with Gasteiger partial charge in [0.15, 0.2) is 0 Å². The van der Waals surface area contributed by atoms with E-state index in [1.165, 1.54) is 0 Å². The first-order valence-electron chi connectivity index (χ1n) is 5.60. The lowest BCUT2D eigenvalue weighted by molar-refractivity contribution is -0.120. The Morgan fingerprint density at radius 2 is 2.12 bits per heavy atom. The predicted molar refractivity (Wildman–Crippen MR) is 66.3 cm³/mol. The number of rotatable bonds is 5. The molecule has 0 spiro atoms. The fraction of sp³-hybridized carbons (Fsp3) is 0.462. The van der Waals surface area contributed by atoms with E-state index in [1.807, 2.05) is 26.0 Å². The van der Waals surface area contributed by atoms with Crippen molar-refractivity contribution >= 4 is 5.91 Å². The second-order valence-electron chi connectivity index (χ2n) is 4.01. The van der Waals surface area contributed by atoms with Crippen LogP contribution in [-0.4, -0.2) is 31.3 Å². The average Bonchev–Trinajstić information content (AvgIpc) is 2.29. The number of hydrogen-bond donors (Lipinski definition) is 2. The number of aliphatic hydroxyl groups excluding tert-OH is 1. The molecule has 0 aliphatic carbocycles. The van der Waals surface area contributed by atoms with Gasteiger partial charge >= 0.3 is 0 Å². The summed E-state index contributed by atoms with van der Waals surface area (Å²) >= 11 is 0. The summed E-state index contributed by atoms with van der Waals surface area (Å²) in [5, 5.41) is 11.3. The topological polar surface area (TPSA) is 58.6 Å². The third-order valence-corrected chi connectivity index (χ3v) is 2.57. The van der Waals surface area contributed by atoms with Crippen LogP contribution in [0.5, 0.6) is 5.75 Å². The van der Waals surface area contributed by atoms with Crippen LogP contribution < -0.4 is 10.1 Å². The Bertz CT molecular complexity index is 402. The fourth-order valence-electron chi connectivity index (χ4n) is 1.79. The van der Waals surface area contributed by atoms with Gasteiger partial charge in [-0.05, 0) is 31.0 Å². The van der Waals surface area contributed by atoms with Gasteiger partial charge < -0.3 is 15.2 Å².